The lowest BCUT2D eigenvalue weighted by atomic mass is 9.66. The molecule has 0 amide bonds. The molecule has 0 saturated heterocycles. The Morgan fingerprint density at radius 2 is 2.10 bits per heavy atom. The summed E-state index contributed by atoms with van der Waals surface area (Å²) in [6.07, 6.45) is 0.859. The fraction of sp³-hybridized carbons (Fsp3) is 0.400. The van der Waals surface area contributed by atoms with Crippen LogP contribution in [0.3, 0.4) is 0 Å². The Balaban J connectivity index is 2.36. The molecule has 2 atom stereocenters. The molecule has 0 bridgehead atoms. The van der Waals surface area contributed by atoms with Crippen molar-refractivity contribution in [1.82, 2.24) is 0 Å². The van der Waals surface area contributed by atoms with E-state index in [-0.39, 0.29) is 18.6 Å². The number of hydrogen-bond acceptors (Lipinski definition) is 4. The number of ketones is 1. The van der Waals surface area contributed by atoms with Crippen molar-refractivity contribution in [2.75, 3.05) is 7.11 Å². The first kappa shape index (κ1) is 14.7. The molecule has 4 nitrogen and oxygen atoms in total. The van der Waals surface area contributed by atoms with Crippen LogP contribution >= 0.6 is 15.9 Å². The van der Waals surface area contributed by atoms with Crippen LogP contribution in [0.2, 0.25) is 0 Å². The number of carbonyl (C=O) groups excluding carboxylic acids is 2. The summed E-state index contributed by atoms with van der Waals surface area (Å²) in [6, 6.07) is 9.74. The molecule has 1 aliphatic rings. The Morgan fingerprint density at radius 3 is 2.65 bits per heavy atom. The van der Waals surface area contributed by atoms with Gasteiger partial charge in [0.25, 0.3) is 0 Å². The monoisotopic (exact) mass is 335 g/mol. The normalized spacial score (nSPS) is 25.9. The second-order valence-electron chi connectivity index (χ2n) is 4.95. The van der Waals surface area contributed by atoms with E-state index in [1.807, 2.05) is 24.3 Å². The quantitative estimate of drug-likeness (QED) is 0.615. The van der Waals surface area contributed by atoms with Crippen LogP contribution in [0.25, 0.3) is 0 Å². The summed E-state index contributed by atoms with van der Waals surface area (Å²) >= 11 is 3.35. The second-order valence-corrected chi connectivity index (χ2v) is 5.86. The summed E-state index contributed by atoms with van der Waals surface area (Å²) in [5.74, 6) is -1.52. The third-order valence-electron chi connectivity index (χ3n) is 3.84. The molecule has 1 aliphatic carbocycles. The lowest BCUT2D eigenvalue weighted by Gasteiger charge is -2.34. The van der Waals surface area contributed by atoms with Crippen molar-refractivity contribution in [3.63, 3.8) is 0 Å². The molecule has 1 aromatic rings. The van der Waals surface area contributed by atoms with Crippen LogP contribution in [0, 0.1) is 17.2 Å². The van der Waals surface area contributed by atoms with Crippen molar-refractivity contribution in [3.05, 3.63) is 34.3 Å². The van der Waals surface area contributed by atoms with Crippen LogP contribution in [-0.2, 0) is 19.7 Å². The minimum atomic E-state index is -0.836. The summed E-state index contributed by atoms with van der Waals surface area (Å²) in [4.78, 5) is 23.6. The average molecular weight is 336 g/mol. The van der Waals surface area contributed by atoms with Gasteiger partial charge < -0.3 is 4.74 Å². The van der Waals surface area contributed by atoms with Gasteiger partial charge in [0.05, 0.1) is 18.6 Å². The number of hydrogen-bond donors (Lipinski definition) is 0. The van der Waals surface area contributed by atoms with E-state index >= 15 is 0 Å². The minimum absolute atomic E-state index is 0.139. The summed E-state index contributed by atoms with van der Waals surface area (Å²) in [5, 5.41) is 9.60. The molecule has 104 valence electrons. The molecule has 0 spiro atoms. The Labute approximate surface area is 125 Å². The van der Waals surface area contributed by atoms with Crippen molar-refractivity contribution in [2.45, 2.75) is 24.7 Å². The SMILES string of the molecule is COC(=O)[C@H]1C[C@](C#N)(c2ccc(Br)cc2)CCC1=O. The van der Waals surface area contributed by atoms with Crippen LogP contribution in [0.4, 0.5) is 0 Å². The summed E-state index contributed by atoms with van der Waals surface area (Å²) < 4.78 is 5.60. The number of ether oxygens (including phenoxy) is 1. The van der Waals surface area contributed by atoms with Crippen LogP contribution in [-0.4, -0.2) is 18.9 Å². The first-order valence-corrected chi connectivity index (χ1v) is 7.09. The molecule has 0 heterocycles. The van der Waals surface area contributed by atoms with E-state index in [1.54, 1.807) is 0 Å². The smallest absolute Gasteiger partial charge is 0.316 e. The zero-order valence-corrected chi connectivity index (χ0v) is 12.6. The molecular formula is C15H14BrNO3. The predicted octanol–water partition coefficient (Wildman–Crippen LogP) is 2.75. The highest BCUT2D eigenvalue weighted by Gasteiger charge is 2.45. The first-order chi connectivity index (χ1) is 9.52. The van der Waals surface area contributed by atoms with E-state index in [0.717, 1.165) is 10.0 Å². The standard InChI is InChI=1S/C15H14BrNO3/c1-20-14(19)12-8-15(9-17,7-6-13(12)18)10-2-4-11(16)5-3-10/h2-5,12H,6-8H2,1H3/t12-,15+/m0/s1. The van der Waals surface area contributed by atoms with Gasteiger partial charge >= 0.3 is 5.97 Å². The Morgan fingerprint density at radius 1 is 1.45 bits per heavy atom. The van der Waals surface area contributed by atoms with Crippen molar-refractivity contribution in [1.29, 1.82) is 5.26 Å². The molecule has 5 heteroatoms. The van der Waals surface area contributed by atoms with Crippen molar-refractivity contribution in [2.24, 2.45) is 5.92 Å². The summed E-state index contributed by atoms with van der Waals surface area (Å²) in [5.41, 5.74) is 0.0394. The number of carbonyl (C=O) groups is 2. The van der Waals surface area contributed by atoms with E-state index in [2.05, 4.69) is 26.7 Å². The van der Waals surface area contributed by atoms with E-state index in [1.165, 1.54) is 7.11 Å². The largest absolute Gasteiger partial charge is 0.468 e. The average Bonchev–Trinajstić information content (AvgIpc) is 2.48. The third kappa shape index (κ3) is 2.61. The maximum atomic E-state index is 11.9. The van der Waals surface area contributed by atoms with Gasteiger partial charge in [-0.05, 0) is 30.5 Å². The van der Waals surface area contributed by atoms with E-state index < -0.39 is 17.3 Å². The zero-order chi connectivity index (χ0) is 14.8. The van der Waals surface area contributed by atoms with Gasteiger partial charge in [0.2, 0.25) is 0 Å². The number of rotatable bonds is 2. The Hall–Kier alpha value is -1.67. The lowest BCUT2D eigenvalue weighted by Crippen LogP contribution is -2.40. The van der Waals surface area contributed by atoms with Crippen LogP contribution in [0.15, 0.2) is 28.7 Å². The Kier molecular flexibility index (Phi) is 4.24. The molecule has 0 aliphatic heterocycles. The van der Waals surface area contributed by atoms with Gasteiger partial charge in [-0.1, -0.05) is 28.1 Å². The predicted molar refractivity (Wildman–Crippen MR) is 75.8 cm³/mol. The maximum absolute atomic E-state index is 11.9. The molecule has 20 heavy (non-hydrogen) atoms. The van der Waals surface area contributed by atoms with Crippen molar-refractivity contribution < 1.29 is 14.3 Å². The second kappa shape index (κ2) is 5.76. The number of esters is 1. The molecule has 1 aromatic carbocycles. The van der Waals surface area contributed by atoms with Gasteiger partial charge in [-0.15, -0.1) is 0 Å². The van der Waals surface area contributed by atoms with Gasteiger partial charge in [-0.25, -0.2) is 0 Å². The highest BCUT2D eigenvalue weighted by molar-refractivity contribution is 9.10. The van der Waals surface area contributed by atoms with E-state index in [0.29, 0.717) is 6.42 Å². The highest BCUT2D eigenvalue weighted by Crippen LogP contribution is 2.41. The number of Topliss-reactive ketones (excluding diaryl/α,β-unsaturated/α-hetero) is 1. The number of nitriles is 1. The first-order valence-electron chi connectivity index (χ1n) is 6.30. The molecule has 1 fully saturated rings. The van der Waals surface area contributed by atoms with Gasteiger partial charge in [0, 0.05) is 10.9 Å². The molecule has 0 N–H and O–H groups in total. The summed E-state index contributed by atoms with van der Waals surface area (Å²) in [7, 11) is 1.26. The molecule has 0 unspecified atom stereocenters. The third-order valence-corrected chi connectivity index (χ3v) is 4.36. The highest BCUT2D eigenvalue weighted by atomic mass is 79.9. The number of benzene rings is 1. The molecule has 2 rings (SSSR count). The van der Waals surface area contributed by atoms with Crippen LogP contribution in [0.1, 0.15) is 24.8 Å². The zero-order valence-electron chi connectivity index (χ0n) is 11.1. The van der Waals surface area contributed by atoms with Crippen molar-refractivity contribution in [3.8, 4) is 6.07 Å². The van der Waals surface area contributed by atoms with Crippen LogP contribution in [0.5, 0.6) is 0 Å². The maximum Gasteiger partial charge on any atom is 0.316 e. The van der Waals surface area contributed by atoms with E-state index in [9.17, 15) is 14.9 Å². The minimum Gasteiger partial charge on any atom is -0.468 e. The molecule has 0 radical (unpaired) electrons. The fourth-order valence-electron chi connectivity index (χ4n) is 2.63. The van der Waals surface area contributed by atoms with Gasteiger partial charge in [0.15, 0.2) is 0 Å². The fourth-order valence-corrected chi connectivity index (χ4v) is 2.89. The van der Waals surface area contributed by atoms with Gasteiger partial charge in [0.1, 0.15) is 11.7 Å². The Bertz CT molecular complexity index is 568. The van der Waals surface area contributed by atoms with Gasteiger partial charge in [-0.2, -0.15) is 5.26 Å². The molecule has 1 saturated carbocycles. The van der Waals surface area contributed by atoms with E-state index in [4.69, 9.17) is 0 Å². The molecule has 0 aromatic heterocycles. The number of halogens is 1. The number of nitrogens with zero attached hydrogens (tertiary/aromatic N) is 1. The topological polar surface area (TPSA) is 67.2 Å². The van der Waals surface area contributed by atoms with Crippen molar-refractivity contribution >= 4 is 27.7 Å². The summed E-state index contributed by atoms with van der Waals surface area (Å²) in [6.45, 7) is 0. The lowest BCUT2D eigenvalue weighted by molar-refractivity contribution is -0.151. The molecular weight excluding hydrogens is 322 g/mol. The number of methoxy groups -OCH3 is 1. The van der Waals surface area contributed by atoms with Crippen LogP contribution < -0.4 is 0 Å². The van der Waals surface area contributed by atoms with Gasteiger partial charge in [-0.3, -0.25) is 9.59 Å².